The van der Waals surface area contributed by atoms with E-state index in [1.54, 1.807) is 11.6 Å². The van der Waals surface area contributed by atoms with Crippen molar-refractivity contribution in [1.29, 1.82) is 0 Å². The highest BCUT2D eigenvalue weighted by Gasteiger charge is 2.31. The van der Waals surface area contributed by atoms with Crippen LogP contribution in [-0.2, 0) is 51.5 Å². The van der Waals surface area contributed by atoms with Crippen LogP contribution < -0.4 is 16.3 Å². The zero-order valence-corrected chi connectivity index (χ0v) is 26.9. The average Bonchev–Trinajstić information content (AvgIpc) is 3.22. The van der Waals surface area contributed by atoms with Crippen molar-refractivity contribution in [3.8, 4) is 0 Å². The van der Waals surface area contributed by atoms with E-state index < -0.39 is 23.6 Å². The van der Waals surface area contributed by atoms with Crippen LogP contribution in [0.15, 0.2) is 23.0 Å². The third kappa shape index (κ3) is 12.5. The summed E-state index contributed by atoms with van der Waals surface area (Å²) >= 11 is 0. The molecule has 14 heteroatoms. The van der Waals surface area contributed by atoms with Crippen LogP contribution in [0.2, 0.25) is 0 Å². The first-order valence-electron chi connectivity index (χ1n) is 15.5. The number of imide groups is 1. The number of fused-ring (bicyclic) bond motifs is 1. The van der Waals surface area contributed by atoms with Crippen LogP contribution in [0.25, 0.3) is 11.0 Å². The van der Waals surface area contributed by atoms with E-state index in [1.807, 2.05) is 39.0 Å². The van der Waals surface area contributed by atoms with Gasteiger partial charge in [0.1, 0.15) is 11.6 Å². The third-order valence-electron chi connectivity index (χ3n) is 6.83. The summed E-state index contributed by atoms with van der Waals surface area (Å²) < 4.78 is 35.7. The molecule has 1 saturated heterocycles. The highest BCUT2D eigenvalue weighted by Crippen LogP contribution is 2.24. The second-order valence-electron chi connectivity index (χ2n) is 11.6. The zero-order valence-electron chi connectivity index (χ0n) is 26.9. The van der Waals surface area contributed by atoms with Gasteiger partial charge in [-0.15, -0.1) is 0 Å². The number of piperidine rings is 1. The fourth-order valence-corrected chi connectivity index (χ4v) is 4.69. The molecule has 3 amide bonds. The number of carbonyl (C=O) groups is 3. The Morgan fingerprint density at radius 3 is 2.02 bits per heavy atom. The Morgan fingerprint density at radius 1 is 0.867 bits per heavy atom. The van der Waals surface area contributed by atoms with Crippen molar-refractivity contribution in [2.45, 2.75) is 58.1 Å². The summed E-state index contributed by atoms with van der Waals surface area (Å²) in [6.07, 6.45) is 1.65. The lowest BCUT2D eigenvalue weighted by molar-refractivity contribution is -0.135. The molecule has 2 N–H and O–H groups in total. The van der Waals surface area contributed by atoms with Gasteiger partial charge in [-0.05, 0) is 57.7 Å². The first-order valence-corrected chi connectivity index (χ1v) is 15.5. The molecular weight excluding hydrogens is 588 g/mol. The monoisotopic (exact) mass is 636 g/mol. The van der Waals surface area contributed by atoms with Gasteiger partial charge in [0, 0.05) is 26.6 Å². The van der Waals surface area contributed by atoms with Crippen molar-refractivity contribution in [1.82, 2.24) is 19.8 Å². The molecule has 1 aliphatic rings. The van der Waals surface area contributed by atoms with Crippen LogP contribution >= 0.6 is 0 Å². The van der Waals surface area contributed by atoms with E-state index in [9.17, 15) is 19.2 Å². The Hall–Kier alpha value is -3.30. The first-order chi connectivity index (χ1) is 21.6. The van der Waals surface area contributed by atoms with Gasteiger partial charge in [0.15, 0.2) is 0 Å². The van der Waals surface area contributed by atoms with Crippen molar-refractivity contribution >= 4 is 28.9 Å². The molecule has 1 unspecified atom stereocenters. The molecule has 0 saturated carbocycles. The Morgan fingerprint density at radius 2 is 1.44 bits per heavy atom. The summed E-state index contributed by atoms with van der Waals surface area (Å²) in [4.78, 5) is 48.3. The predicted molar refractivity (Wildman–Crippen MR) is 165 cm³/mol. The molecule has 252 valence electrons. The lowest BCUT2D eigenvalue weighted by atomic mass is 10.1. The van der Waals surface area contributed by atoms with E-state index in [4.69, 9.17) is 28.4 Å². The highest BCUT2D eigenvalue weighted by molar-refractivity contribution is 6.00. The Bertz CT molecular complexity index is 1300. The molecule has 0 aliphatic carbocycles. The lowest BCUT2D eigenvalue weighted by Crippen LogP contribution is -2.44. The maximum atomic E-state index is 12.9. The number of aryl methyl sites for hydroxylation is 2. The maximum absolute atomic E-state index is 12.9. The van der Waals surface area contributed by atoms with Gasteiger partial charge in [-0.25, -0.2) is 9.59 Å². The normalized spacial score (nSPS) is 15.4. The number of benzene rings is 1. The number of aromatic nitrogens is 2. The van der Waals surface area contributed by atoms with Gasteiger partial charge < -0.3 is 33.7 Å². The van der Waals surface area contributed by atoms with Gasteiger partial charge >= 0.3 is 11.8 Å². The summed E-state index contributed by atoms with van der Waals surface area (Å²) in [5.74, 6) is -0.748. The zero-order chi connectivity index (χ0) is 32.7. The van der Waals surface area contributed by atoms with E-state index in [-0.39, 0.29) is 18.0 Å². The third-order valence-corrected chi connectivity index (χ3v) is 6.83. The molecule has 2 aromatic rings. The van der Waals surface area contributed by atoms with Crippen molar-refractivity contribution < 1.29 is 42.8 Å². The summed E-state index contributed by atoms with van der Waals surface area (Å²) in [6.45, 7) is 10.4. The van der Waals surface area contributed by atoms with Crippen molar-refractivity contribution in [3.05, 3.63) is 34.2 Å². The number of hydrogen-bond donors (Lipinski definition) is 2. The van der Waals surface area contributed by atoms with Crippen molar-refractivity contribution in [2.24, 2.45) is 7.05 Å². The van der Waals surface area contributed by atoms with Crippen LogP contribution in [0.3, 0.4) is 0 Å². The number of ether oxygens (including phenoxy) is 6. The minimum atomic E-state index is -0.689. The van der Waals surface area contributed by atoms with Crippen LogP contribution in [0, 0.1) is 0 Å². The minimum absolute atomic E-state index is 0.212. The molecule has 1 aliphatic heterocycles. The Labute approximate surface area is 263 Å². The van der Waals surface area contributed by atoms with Gasteiger partial charge in [0.25, 0.3) is 0 Å². The molecular formula is C31H48N4O10. The SMILES string of the molecule is Cn1c(=O)n(C2CCC(=O)NC2=O)c2ccc(CCCOCCOCCOCCOCCOCCNC(=O)OC(C)(C)C)cc21. The summed E-state index contributed by atoms with van der Waals surface area (Å²) in [7, 11) is 1.69. The number of alkyl carbamates (subject to hydrolysis) is 1. The number of imidazole rings is 1. The molecule has 2 heterocycles. The van der Waals surface area contributed by atoms with Gasteiger partial charge in [-0.1, -0.05) is 6.07 Å². The van der Waals surface area contributed by atoms with E-state index in [0.717, 1.165) is 23.9 Å². The molecule has 1 fully saturated rings. The first kappa shape index (κ1) is 36.2. The molecule has 0 radical (unpaired) electrons. The van der Waals surface area contributed by atoms with E-state index in [2.05, 4.69) is 10.6 Å². The highest BCUT2D eigenvalue weighted by atomic mass is 16.6. The molecule has 14 nitrogen and oxygen atoms in total. The fourth-order valence-electron chi connectivity index (χ4n) is 4.69. The molecule has 0 spiro atoms. The maximum Gasteiger partial charge on any atom is 0.407 e. The number of hydrogen-bond acceptors (Lipinski definition) is 10. The predicted octanol–water partition coefficient (Wildman–Crippen LogP) is 1.86. The van der Waals surface area contributed by atoms with Gasteiger partial charge in [-0.2, -0.15) is 0 Å². The number of amides is 3. The molecule has 1 aromatic carbocycles. The number of carbonyl (C=O) groups excluding carboxylic acids is 3. The summed E-state index contributed by atoms with van der Waals surface area (Å²) in [5.41, 5.74) is 1.70. The molecule has 0 bridgehead atoms. The summed E-state index contributed by atoms with van der Waals surface area (Å²) in [6, 6.07) is 5.10. The molecule has 45 heavy (non-hydrogen) atoms. The van der Waals surface area contributed by atoms with Crippen LogP contribution in [0.4, 0.5) is 4.79 Å². The molecule has 1 atom stereocenters. The molecule has 3 rings (SSSR count). The van der Waals surface area contributed by atoms with Gasteiger partial charge in [0.2, 0.25) is 11.8 Å². The smallest absolute Gasteiger partial charge is 0.407 e. The van der Waals surface area contributed by atoms with E-state index >= 15 is 0 Å². The van der Waals surface area contributed by atoms with E-state index in [0.29, 0.717) is 84.6 Å². The van der Waals surface area contributed by atoms with Crippen LogP contribution in [0.1, 0.15) is 51.6 Å². The van der Waals surface area contributed by atoms with E-state index in [1.165, 1.54) is 4.57 Å². The quantitative estimate of drug-likeness (QED) is 0.162. The second kappa shape index (κ2) is 18.6. The minimum Gasteiger partial charge on any atom is -0.444 e. The average molecular weight is 637 g/mol. The Balaban J connectivity index is 1.15. The second-order valence-corrected chi connectivity index (χ2v) is 11.6. The molecule has 1 aromatic heterocycles. The number of rotatable bonds is 20. The van der Waals surface area contributed by atoms with Crippen molar-refractivity contribution in [2.75, 3.05) is 72.6 Å². The lowest BCUT2D eigenvalue weighted by Gasteiger charge is -2.21. The number of nitrogens with one attached hydrogen (secondary N) is 2. The van der Waals surface area contributed by atoms with Crippen LogP contribution in [-0.4, -0.2) is 105 Å². The van der Waals surface area contributed by atoms with Gasteiger partial charge in [-0.3, -0.25) is 24.0 Å². The Kier molecular flexibility index (Phi) is 15.0. The summed E-state index contributed by atoms with van der Waals surface area (Å²) in [5, 5.41) is 4.95. The van der Waals surface area contributed by atoms with Crippen LogP contribution in [0.5, 0.6) is 0 Å². The standard InChI is InChI=1S/C31H48N4O10/c1-31(2,3)45-29(38)32-11-13-41-15-17-43-19-21-44-20-18-42-16-14-40-12-5-6-23-7-8-24-26(22-23)34(4)30(39)35(24)25-9-10-27(36)33-28(25)37/h7-8,22,25H,5-6,9-21H2,1-4H3,(H,32,38)(H,33,36,37). The topological polar surface area (TPSA) is 158 Å². The van der Waals surface area contributed by atoms with Crippen molar-refractivity contribution in [3.63, 3.8) is 0 Å². The number of nitrogens with zero attached hydrogens (tertiary/aromatic N) is 2. The largest absolute Gasteiger partial charge is 0.444 e. The van der Waals surface area contributed by atoms with Gasteiger partial charge in [0.05, 0.1) is 70.5 Å². The fraction of sp³-hybridized carbons (Fsp3) is 0.677.